The summed E-state index contributed by atoms with van der Waals surface area (Å²) < 4.78 is 102. The van der Waals surface area contributed by atoms with Gasteiger partial charge in [0.1, 0.15) is 6.04 Å². The lowest BCUT2D eigenvalue weighted by molar-refractivity contribution is -0.376. The summed E-state index contributed by atoms with van der Waals surface area (Å²) in [6.45, 7) is 1.43. The van der Waals surface area contributed by atoms with Crippen LogP contribution < -0.4 is 16.0 Å². The van der Waals surface area contributed by atoms with Crippen molar-refractivity contribution in [1.29, 1.82) is 0 Å². The van der Waals surface area contributed by atoms with E-state index < -0.39 is 51.3 Å². The monoisotopic (exact) mass is 541 g/mol. The average Bonchev–Trinajstić information content (AvgIpc) is 2.80. The van der Waals surface area contributed by atoms with Crippen molar-refractivity contribution in [1.82, 2.24) is 10.6 Å². The molecule has 0 aliphatic carbocycles. The topological polar surface area (TPSA) is 125 Å². The van der Waals surface area contributed by atoms with Gasteiger partial charge in [-0.1, -0.05) is 31.2 Å². The molecule has 3 amide bonds. The Morgan fingerprint density at radius 1 is 0.917 bits per heavy atom. The highest BCUT2D eigenvalue weighted by Crippen LogP contribution is 2.50. The van der Waals surface area contributed by atoms with E-state index in [4.69, 9.17) is 0 Å². The zero-order valence-electron chi connectivity index (χ0n) is 18.7. The van der Waals surface area contributed by atoms with Gasteiger partial charge in [-0.25, -0.2) is 13.2 Å². The van der Waals surface area contributed by atoms with Crippen LogP contribution in [0.4, 0.5) is 36.8 Å². The molecule has 198 valence electrons. The molecule has 0 fully saturated rings. The summed E-state index contributed by atoms with van der Waals surface area (Å²) in [6.07, 6.45) is -12.1. The van der Waals surface area contributed by atoms with Gasteiger partial charge in [0.2, 0.25) is 0 Å². The summed E-state index contributed by atoms with van der Waals surface area (Å²) in [6, 6.07) is 4.84. The first-order valence-electron chi connectivity index (χ1n) is 10.1. The number of sulfone groups is 1. The molecule has 1 unspecified atom stereocenters. The second-order valence-corrected chi connectivity index (χ2v) is 9.68. The number of carbonyl (C=O) groups excluding carboxylic acids is 2. The van der Waals surface area contributed by atoms with Crippen molar-refractivity contribution >= 4 is 27.5 Å². The first-order chi connectivity index (χ1) is 16.5. The molecule has 0 saturated carbocycles. The van der Waals surface area contributed by atoms with Crippen LogP contribution in [0.15, 0.2) is 53.4 Å². The lowest BCUT2D eigenvalue weighted by Gasteiger charge is -2.32. The Balaban J connectivity index is 2.36. The van der Waals surface area contributed by atoms with Gasteiger partial charge in [-0.2, -0.15) is 26.3 Å². The van der Waals surface area contributed by atoms with Crippen molar-refractivity contribution in [3.8, 4) is 0 Å². The maximum atomic E-state index is 13.0. The zero-order valence-corrected chi connectivity index (χ0v) is 19.5. The quantitative estimate of drug-likeness (QED) is 0.400. The number of nitrogens with one attached hydrogen (secondary N) is 3. The number of hydrogen-bond donors (Lipinski definition) is 4. The van der Waals surface area contributed by atoms with Crippen LogP contribution in [0.3, 0.4) is 0 Å². The molecule has 2 aromatic carbocycles. The molecule has 2 aromatic rings. The fourth-order valence-electron chi connectivity index (χ4n) is 3.04. The first kappa shape index (κ1) is 28.9. The lowest BCUT2D eigenvalue weighted by Crippen LogP contribution is -2.53. The molecule has 4 N–H and O–H groups in total. The van der Waals surface area contributed by atoms with Gasteiger partial charge in [0, 0.05) is 18.3 Å². The predicted molar refractivity (Wildman–Crippen MR) is 116 cm³/mol. The number of rotatable bonds is 7. The van der Waals surface area contributed by atoms with Gasteiger partial charge in [0.15, 0.2) is 9.84 Å². The van der Waals surface area contributed by atoms with Crippen LogP contribution in [0.1, 0.15) is 24.1 Å². The van der Waals surface area contributed by atoms with Gasteiger partial charge in [-0.3, -0.25) is 4.79 Å². The van der Waals surface area contributed by atoms with E-state index in [-0.39, 0.29) is 21.9 Å². The maximum Gasteiger partial charge on any atom is 0.430 e. The zero-order chi connectivity index (χ0) is 27.5. The van der Waals surface area contributed by atoms with E-state index in [2.05, 4.69) is 16.0 Å². The first-order valence-corrected chi connectivity index (χ1v) is 11.7. The Morgan fingerprint density at radius 2 is 1.42 bits per heavy atom. The van der Waals surface area contributed by atoms with E-state index in [1.54, 1.807) is 0 Å². The minimum Gasteiger partial charge on any atom is -0.369 e. The molecule has 1 atom stereocenters. The van der Waals surface area contributed by atoms with Gasteiger partial charge in [0.25, 0.3) is 11.5 Å². The van der Waals surface area contributed by atoms with Gasteiger partial charge < -0.3 is 21.1 Å². The van der Waals surface area contributed by atoms with Crippen molar-refractivity contribution in [3.05, 3.63) is 59.7 Å². The molecular weight excluding hydrogens is 520 g/mol. The molecule has 0 aliphatic heterocycles. The molecule has 36 heavy (non-hydrogen) atoms. The Bertz CT molecular complexity index is 1180. The van der Waals surface area contributed by atoms with E-state index in [9.17, 15) is 49.5 Å². The van der Waals surface area contributed by atoms with Crippen LogP contribution in [0, 0.1) is 0 Å². The van der Waals surface area contributed by atoms with E-state index in [0.717, 1.165) is 0 Å². The summed E-state index contributed by atoms with van der Waals surface area (Å²) >= 11 is 0. The molecule has 0 aliphatic rings. The highest BCUT2D eigenvalue weighted by Gasteiger charge is 2.71. The van der Waals surface area contributed by atoms with E-state index in [1.165, 1.54) is 38.2 Å². The van der Waals surface area contributed by atoms with Crippen LogP contribution >= 0.6 is 0 Å². The molecule has 15 heteroatoms. The smallest absolute Gasteiger partial charge is 0.369 e. The third-order valence-electron chi connectivity index (χ3n) is 5.11. The maximum absolute atomic E-state index is 13.0. The number of anilines is 1. The molecule has 0 saturated heterocycles. The van der Waals surface area contributed by atoms with Gasteiger partial charge in [-0.15, -0.1) is 0 Å². The summed E-state index contributed by atoms with van der Waals surface area (Å²) in [5.41, 5.74) is -6.77. The fourth-order valence-corrected chi connectivity index (χ4v) is 3.92. The summed E-state index contributed by atoms with van der Waals surface area (Å²) in [4.78, 5) is 24.6. The minimum absolute atomic E-state index is 0.0368. The number of halogens is 6. The minimum atomic E-state index is -6.07. The Kier molecular flexibility index (Phi) is 8.30. The number of amides is 3. The average molecular weight is 541 g/mol. The molecule has 0 spiro atoms. The predicted octanol–water partition coefficient (Wildman–Crippen LogP) is 3.40. The molecule has 0 bridgehead atoms. The molecule has 0 radical (unpaired) electrons. The molecule has 8 nitrogen and oxygen atoms in total. The second kappa shape index (κ2) is 10.3. The van der Waals surface area contributed by atoms with Crippen molar-refractivity contribution in [2.75, 3.05) is 18.1 Å². The number of alkyl halides is 6. The van der Waals surface area contributed by atoms with Gasteiger partial charge in [-0.05, 0) is 29.8 Å². The molecule has 0 aromatic heterocycles. The van der Waals surface area contributed by atoms with E-state index in [1.807, 2.05) is 0 Å². The normalized spacial score (nSPS) is 13.6. The van der Waals surface area contributed by atoms with Crippen molar-refractivity contribution in [2.24, 2.45) is 0 Å². The standard InChI is InChI=1S/C21H21F6N3O5S/c1-3-36(34,35)15-10-4-12(5-11-15)16(30-18(32)28-2)17(31)29-14-8-6-13(7-9-14)19(33,20(22,23)24)21(25,26)27/h4-11,16,33H,3H2,1-2H3,(H,29,31)(H2,28,30,32). The van der Waals surface area contributed by atoms with Crippen LogP contribution in [0.5, 0.6) is 0 Å². The lowest BCUT2D eigenvalue weighted by atomic mass is 9.92. The van der Waals surface area contributed by atoms with Gasteiger partial charge >= 0.3 is 18.4 Å². The summed E-state index contributed by atoms with van der Waals surface area (Å²) in [7, 11) is -2.30. The number of carbonyl (C=O) groups is 2. The number of urea groups is 1. The number of benzene rings is 2. The molecule has 2 rings (SSSR count). The Morgan fingerprint density at radius 3 is 1.83 bits per heavy atom. The molecule has 0 heterocycles. The van der Waals surface area contributed by atoms with Crippen molar-refractivity contribution in [3.63, 3.8) is 0 Å². The molecular formula is C21H21F6N3O5S. The Labute approximate surface area is 201 Å². The third-order valence-corrected chi connectivity index (χ3v) is 6.86. The fraction of sp³-hybridized carbons (Fsp3) is 0.333. The van der Waals surface area contributed by atoms with Crippen LogP contribution in [-0.4, -0.2) is 50.6 Å². The van der Waals surface area contributed by atoms with E-state index in [0.29, 0.717) is 24.3 Å². The third kappa shape index (κ3) is 5.90. The highest BCUT2D eigenvalue weighted by atomic mass is 32.2. The van der Waals surface area contributed by atoms with Gasteiger partial charge in [0.05, 0.1) is 10.6 Å². The van der Waals surface area contributed by atoms with E-state index >= 15 is 0 Å². The van der Waals surface area contributed by atoms with Crippen molar-refractivity contribution in [2.45, 2.75) is 35.8 Å². The number of hydrogen-bond acceptors (Lipinski definition) is 5. The van der Waals surface area contributed by atoms with Crippen LogP contribution in [-0.2, 0) is 20.2 Å². The second-order valence-electron chi connectivity index (χ2n) is 7.40. The highest BCUT2D eigenvalue weighted by molar-refractivity contribution is 7.91. The Hall–Kier alpha value is -3.33. The number of aliphatic hydroxyl groups is 1. The van der Waals surface area contributed by atoms with Crippen LogP contribution in [0.2, 0.25) is 0 Å². The van der Waals surface area contributed by atoms with Crippen molar-refractivity contribution < 1.29 is 49.5 Å². The summed E-state index contributed by atoms with van der Waals surface area (Å²) in [5.74, 6) is -1.13. The SMILES string of the molecule is CCS(=O)(=O)c1ccc(C(NC(=O)NC)C(=O)Nc2ccc(C(O)(C(F)(F)F)C(F)(F)F)cc2)cc1. The summed E-state index contributed by atoms with van der Waals surface area (Å²) in [5, 5.41) is 16.2. The van der Waals surface area contributed by atoms with Crippen LogP contribution in [0.25, 0.3) is 0 Å². The largest absolute Gasteiger partial charge is 0.430 e.